The summed E-state index contributed by atoms with van der Waals surface area (Å²) in [6.45, 7) is 1.08. The highest BCUT2D eigenvalue weighted by Gasteiger charge is 2.47. The fourth-order valence-electron chi connectivity index (χ4n) is 4.12. The van der Waals surface area contributed by atoms with Crippen molar-refractivity contribution in [1.29, 1.82) is 5.26 Å². The van der Waals surface area contributed by atoms with Crippen molar-refractivity contribution in [3.05, 3.63) is 53.6 Å². The van der Waals surface area contributed by atoms with E-state index in [4.69, 9.17) is 0 Å². The maximum absolute atomic E-state index is 12.7. The Bertz CT molecular complexity index is 1010. The first-order valence-electron chi connectivity index (χ1n) is 9.33. The van der Waals surface area contributed by atoms with Crippen LogP contribution in [0.15, 0.2) is 42.5 Å². The summed E-state index contributed by atoms with van der Waals surface area (Å²) in [7, 11) is 3.48. The van der Waals surface area contributed by atoms with E-state index in [0.29, 0.717) is 31.5 Å². The van der Waals surface area contributed by atoms with Crippen LogP contribution in [-0.2, 0) is 11.2 Å². The molecule has 1 fully saturated rings. The van der Waals surface area contributed by atoms with Crippen LogP contribution >= 0.6 is 0 Å². The van der Waals surface area contributed by atoms with Crippen molar-refractivity contribution in [3.8, 4) is 17.3 Å². The molecule has 4 rings (SSSR count). The molecule has 1 atom stereocenters. The van der Waals surface area contributed by atoms with Crippen LogP contribution in [0, 0.1) is 16.9 Å². The molecule has 2 aliphatic heterocycles. The molecule has 28 heavy (non-hydrogen) atoms. The summed E-state index contributed by atoms with van der Waals surface area (Å²) in [5.41, 5.74) is 3.98. The molecule has 2 amide bonds. The number of rotatable bonds is 2. The highest BCUT2D eigenvalue weighted by molar-refractivity contribution is 5.99. The molecule has 0 aliphatic carbocycles. The zero-order valence-corrected chi connectivity index (χ0v) is 16.0. The molecule has 2 aromatic carbocycles. The van der Waals surface area contributed by atoms with Crippen molar-refractivity contribution < 1.29 is 9.59 Å². The average Bonchev–Trinajstić information content (AvgIpc) is 3.12. The standard InChI is InChI=1S/C22H22N4O2/c1-25(2)20(27)17-5-3-4-15(10-17)16-6-7-19-18(11-16)12-22(21(28)24-19)8-9-26(13-22)14-23/h3-7,10-11H,8-9,12-13H2,1-2H3,(H,24,28). The lowest BCUT2D eigenvalue weighted by Crippen LogP contribution is -2.43. The van der Waals surface area contributed by atoms with Gasteiger partial charge in [-0.1, -0.05) is 18.2 Å². The SMILES string of the molecule is CN(C)C(=O)c1cccc(-c2ccc3c(c2)CC2(CCN(C#N)C2)C(=O)N3)c1. The van der Waals surface area contributed by atoms with E-state index in [1.165, 1.54) is 0 Å². The quantitative estimate of drug-likeness (QED) is 0.820. The number of hydrogen-bond donors (Lipinski definition) is 1. The van der Waals surface area contributed by atoms with Gasteiger partial charge in [-0.15, -0.1) is 0 Å². The first-order valence-corrected chi connectivity index (χ1v) is 9.33. The Morgan fingerprint density at radius 3 is 2.71 bits per heavy atom. The summed E-state index contributed by atoms with van der Waals surface area (Å²) in [6.07, 6.45) is 3.47. The molecule has 0 aromatic heterocycles. The minimum absolute atomic E-state index is 0.00378. The summed E-state index contributed by atoms with van der Waals surface area (Å²) in [6, 6.07) is 13.6. The topological polar surface area (TPSA) is 76.4 Å². The second kappa shape index (κ2) is 6.68. The zero-order valence-electron chi connectivity index (χ0n) is 16.0. The molecule has 142 valence electrons. The van der Waals surface area contributed by atoms with Crippen LogP contribution in [0.4, 0.5) is 5.69 Å². The lowest BCUT2D eigenvalue weighted by Gasteiger charge is -2.33. The first-order chi connectivity index (χ1) is 13.4. The van der Waals surface area contributed by atoms with Gasteiger partial charge in [-0.05, 0) is 53.8 Å². The number of nitrogens with zero attached hydrogens (tertiary/aromatic N) is 3. The molecule has 0 saturated carbocycles. The van der Waals surface area contributed by atoms with Crippen molar-refractivity contribution in [3.63, 3.8) is 0 Å². The molecular formula is C22H22N4O2. The molecule has 1 saturated heterocycles. The van der Waals surface area contributed by atoms with E-state index < -0.39 is 5.41 Å². The Morgan fingerprint density at radius 2 is 2.00 bits per heavy atom. The maximum Gasteiger partial charge on any atom is 0.253 e. The van der Waals surface area contributed by atoms with Crippen LogP contribution in [0.25, 0.3) is 11.1 Å². The van der Waals surface area contributed by atoms with E-state index in [1.807, 2.05) is 36.4 Å². The Balaban J connectivity index is 1.67. The summed E-state index contributed by atoms with van der Waals surface area (Å²) in [4.78, 5) is 28.2. The Hall–Kier alpha value is -3.33. The number of anilines is 1. The van der Waals surface area contributed by atoms with Gasteiger partial charge in [0.2, 0.25) is 5.91 Å². The van der Waals surface area contributed by atoms with Gasteiger partial charge in [0.1, 0.15) is 0 Å². The smallest absolute Gasteiger partial charge is 0.253 e. The molecule has 0 bridgehead atoms. The summed E-state index contributed by atoms with van der Waals surface area (Å²) in [5.74, 6) is -0.0300. The van der Waals surface area contributed by atoms with Crippen molar-refractivity contribution >= 4 is 17.5 Å². The molecule has 0 radical (unpaired) electrons. The van der Waals surface area contributed by atoms with E-state index in [9.17, 15) is 14.9 Å². The fourth-order valence-corrected chi connectivity index (χ4v) is 4.12. The molecule has 2 aliphatic rings. The van der Waals surface area contributed by atoms with Crippen LogP contribution < -0.4 is 5.32 Å². The Kier molecular flexibility index (Phi) is 4.31. The third-order valence-electron chi connectivity index (χ3n) is 5.71. The molecule has 2 heterocycles. The predicted octanol–water partition coefficient (Wildman–Crippen LogP) is 2.72. The largest absolute Gasteiger partial charge is 0.345 e. The van der Waals surface area contributed by atoms with Crippen molar-refractivity contribution in [1.82, 2.24) is 9.80 Å². The number of hydrogen-bond acceptors (Lipinski definition) is 4. The van der Waals surface area contributed by atoms with Gasteiger partial charge in [0.25, 0.3) is 5.91 Å². The third kappa shape index (κ3) is 2.99. The zero-order chi connectivity index (χ0) is 19.9. The average molecular weight is 374 g/mol. The highest BCUT2D eigenvalue weighted by Crippen LogP contribution is 2.41. The van der Waals surface area contributed by atoms with Crippen LogP contribution in [0.2, 0.25) is 0 Å². The van der Waals surface area contributed by atoms with Crippen molar-refractivity contribution in [2.75, 3.05) is 32.5 Å². The second-order valence-electron chi connectivity index (χ2n) is 7.84. The van der Waals surface area contributed by atoms with E-state index in [0.717, 1.165) is 22.4 Å². The number of nitrogens with one attached hydrogen (secondary N) is 1. The summed E-state index contributed by atoms with van der Waals surface area (Å²) >= 11 is 0. The number of nitriles is 1. The minimum atomic E-state index is -0.538. The fraction of sp³-hybridized carbons (Fsp3) is 0.318. The van der Waals surface area contributed by atoms with Gasteiger partial charge in [-0.3, -0.25) is 9.59 Å². The van der Waals surface area contributed by atoms with Crippen LogP contribution in [0.1, 0.15) is 22.3 Å². The minimum Gasteiger partial charge on any atom is -0.345 e. The van der Waals surface area contributed by atoms with E-state index >= 15 is 0 Å². The number of carbonyl (C=O) groups excluding carboxylic acids is 2. The molecule has 1 unspecified atom stereocenters. The van der Waals surface area contributed by atoms with Crippen LogP contribution in [-0.4, -0.2) is 48.8 Å². The van der Waals surface area contributed by atoms with E-state index in [-0.39, 0.29) is 11.8 Å². The number of likely N-dealkylation sites (tertiary alicyclic amines) is 1. The van der Waals surface area contributed by atoms with Gasteiger partial charge >= 0.3 is 0 Å². The van der Waals surface area contributed by atoms with Gasteiger partial charge in [0.15, 0.2) is 6.19 Å². The predicted molar refractivity (Wildman–Crippen MR) is 106 cm³/mol. The Labute approximate surface area is 164 Å². The molecule has 6 nitrogen and oxygen atoms in total. The number of amides is 2. The lowest BCUT2D eigenvalue weighted by atomic mass is 9.76. The van der Waals surface area contributed by atoms with Crippen LogP contribution in [0.5, 0.6) is 0 Å². The van der Waals surface area contributed by atoms with Crippen molar-refractivity contribution in [2.45, 2.75) is 12.8 Å². The lowest BCUT2D eigenvalue weighted by molar-refractivity contribution is -0.125. The van der Waals surface area contributed by atoms with Crippen LogP contribution in [0.3, 0.4) is 0 Å². The molecule has 2 aromatic rings. The first kappa shape index (κ1) is 18.1. The van der Waals surface area contributed by atoms with Gasteiger partial charge in [0, 0.05) is 38.4 Å². The monoisotopic (exact) mass is 374 g/mol. The normalized spacial score (nSPS) is 20.5. The molecule has 1 spiro atoms. The van der Waals surface area contributed by atoms with Gasteiger partial charge in [-0.25, -0.2) is 0 Å². The number of benzene rings is 2. The molecule has 1 N–H and O–H groups in total. The second-order valence-corrected chi connectivity index (χ2v) is 7.84. The number of fused-ring (bicyclic) bond motifs is 1. The molecular weight excluding hydrogens is 352 g/mol. The molecule has 6 heteroatoms. The van der Waals surface area contributed by atoms with Gasteiger partial charge < -0.3 is 15.1 Å². The summed E-state index contributed by atoms with van der Waals surface area (Å²) in [5, 5.41) is 12.2. The Morgan fingerprint density at radius 1 is 1.21 bits per heavy atom. The van der Waals surface area contributed by atoms with E-state index in [2.05, 4.69) is 17.6 Å². The summed E-state index contributed by atoms with van der Waals surface area (Å²) < 4.78 is 0. The number of carbonyl (C=O) groups is 2. The maximum atomic E-state index is 12.7. The van der Waals surface area contributed by atoms with E-state index in [1.54, 1.807) is 23.9 Å². The third-order valence-corrected chi connectivity index (χ3v) is 5.71. The highest BCUT2D eigenvalue weighted by atomic mass is 16.2. The van der Waals surface area contributed by atoms with Gasteiger partial charge in [0.05, 0.1) is 5.41 Å². The van der Waals surface area contributed by atoms with Crippen molar-refractivity contribution in [2.24, 2.45) is 5.41 Å². The van der Waals surface area contributed by atoms with Gasteiger partial charge in [-0.2, -0.15) is 5.26 Å².